The van der Waals surface area contributed by atoms with E-state index < -0.39 is 17.5 Å². The quantitative estimate of drug-likeness (QED) is 0.834. The SMILES string of the molecule is Cl.NC1(C(=O)N2CCn3c(nnc3C(F)(F)F)C2)CCCCC1. The maximum Gasteiger partial charge on any atom is 0.451 e. The monoisotopic (exact) mass is 353 g/mol. The van der Waals surface area contributed by atoms with Crippen molar-refractivity contribution in [1.29, 1.82) is 0 Å². The highest BCUT2D eigenvalue weighted by Crippen LogP contribution is 2.31. The minimum absolute atomic E-state index is 0. The number of amides is 1. The third kappa shape index (κ3) is 3.30. The zero-order valence-corrected chi connectivity index (χ0v) is 13.3. The van der Waals surface area contributed by atoms with Crippen molar-refractivity contribution in [2.24, 2.45) is 5.73 Å². The molecule has 6 nitrogen and oxygen atoms in total. The topological polar surface area (TPSA) is 77.0 Å². The van der Waals surface area contributed by atoms with Crippen LogP contribution in [0, 0.1) is 0 Å². The van der Waals surface area contributed by atoms with E-state index in [-0.39, 0.29) is 43.8 Å². The van der Waals surface area contributed by atoms with Gasteiger partial charge in [0.2, 0.25) is 11.7 Å². The molecule has 1 aromatic heterocycles. The highest BCUT2D eigenvalue weighted by Gasteiger charge is 2.42. The lowest BCUT2D eigenvalue weighted by Crippen LogP contribution is -2.57. The maximum atomic E-state index is 12.8. The first-order valence-corrected chi connectivity index (χ1v) is 7.39. The molecule has 0 atom stereocenters. The molecule has 1 aromatic rings. The Bertz CT molecular complexity index is 583. The number of hydrogen-bond donors (Lipinski definition) is 1. The Balaban J connectivity index is 0.00000192. The van der Waals surface area contributed by atoms with Crippen LogP contribution in [0.15, 0.2) is 0 Å². The van der Waals surface area contributed by atoms with Crippen molar-refractivity contribution in [3.8, 4) is 0 Å². The third-order valence-electron chi connectivity index (χ3n) is 4.47. The molecule has 0 spiro atoms. The Morgan fingerprint density at radius 3 is 2.39 bits per heavy atom. The van der Waals surface area contributed by atoms with Gasteiger partial charge in [-0.3, -0.25) is 4.79 Å². The molecule has 1 saturated carbocycles. The van der Waals surface area contributed by atoms with E-state index in [9.17, 15) is 18.0 Å². The maximum absolute atomic E-state index is 12.8. The van der Waals surface area contributed by atoms with Crippen LogP contribution >= 0.6 is 12.4 Å². The number of carbonyl (C=O) groups is 1. The number of carbonyl (C=O) groups excluding carboxylic acids is 1. The molecule has 1 amide bonds. The minimum Gasteiger partial charge on any atom is -0.332 e. The zero-order valence-electron chi connectivity index (χ0n) is 12.5. The molecule has 2 aliphatic rings. The van der Waals surface area contributed by atoms with Gasteiger partial charge < -0.3 is 15.2 Å². The molecule has 2 heterocycles. The van der Waals surface area contributed by atoms with Gasteiger partial charge in [-0.25, -0.2) is 0 Å². The Morgan fingerprint density at radius 1 is 1.13 bits per heavy atom. The fraction of sp³-hybridized carbons (Fsp3) is 0.769. The van der Waals surface area contributed by atoms with Gasteiger partial charge in [0.05, 0.1) is 12.1 Å². The number of nitrogens with zero attached hydrogens (tertiary/aromatic N) is 4. The number of aromatic nitrogens is 3. The summed E-state index contributed by atoms with van der Waals surface area (Å²) < 4.78 is 39.4. The predicted molar refractivity (Wildman–Crippen MR) is 77.7 cm³/mol. The molecule has 1 aliphatic carbocycles. The average Bonchev–Trinajstić information content (AvgIpc) is 2.90. The van der Waals surface area contributed by atoms with E-state index in [1.807, 2.05) is 0 Å². The van der Waals surface area contributed by atoms with Gasteiger partial charge in [-0.2, -0.15) is 13.2 Å². The number of fused-ring (bicyclic) bond motifs is 1. The molecule has 10 heteroatoms. The van der Waals surface area contributed by atoms with Crippen molar-refractivity contribution in [3.63, 3.8) is 0 Å². The van der Waals surface area contributed by atoms with E-state index in [1.165, 1.54) is 4.90 Å². The van der Waals surface area contributed by atoms with Gasteiger partial charge in [-0.05, 0) is 12.8 Å². The second kappa shape index (κ2) is 6.27. The van der Waals surface area contributed by atoms with Gasteiger partial charge in [-0.15, -0.1) is 22.6 Å². The van der Waals surface area contributed by atoms with Crippen LogP contribution in [0.5, 0.6) is 0 Å². The molecule has 0 unspecified atom stereocenters. The summed E-state index contributed by atoms with van der Waals surface area (Å²) in [6, 6.07) is 0. The Hall–Kier alpha value is -1.35. The molecular formula is C13H19ClF3N5O. The molecule has 23 heavy (non-hydrogen) atoms. The number of nitrogens with two attached hydrogens (primary N) is 1. The lowest BCUT2D eigenvalue weighted by atomic mass is 9.81. The minimum atomic E-state index is -4.53. The van der Waals surface area contributed by atoms with E-state index in [4.69, 9.17) is 5.73 Å². The molecule has 3 rings (SSSR count). The first kappa shape index (κ1) is 18.0. The first-order valence-electron chi connectivity index (χ1n) is 7.39. The van der Waals surface area contributed by atoms with Crippen LogP contribution in [-0.4, -0.2) is 37.7 Å². The molecule has 0 saturated heterocycles. The zero-order chi connectivity index (χ0) is 16.0. The molecule has 1 fully saturated rings. The van der Waals surface area contributed by atoms with E-state index in [0.29, 0.717) is 12.8 Å². The summed E-state index contributed by atoms with van der Waals surface area (Å²) in [6.45, 7) is 0.270. The predicted octanol–water partition coefficient (Wildman–Crippen LogP) is 1.72. The summed E-state index contributed by atoms with van der Waals surface area (Å²) in [4.78, 5) is 14.1. The Labute approximate surface area is 137 Å². The van der Waals surface area contributed by atoms with E-state index in [2.05, 4.69) is 10.2 Å². The molecular weight excluding hydrogens is 335 g/mol. The smallest absolute Gasteiger partial charge is 0.332 e. The Morgan fingerprint density at radius 2 is 1.78 bits per heavy atom. The van der Waals surface area contributed by atoms with Gasteiger partial charge in [0.25, 0.3) is 0 Å². The highest BCUT2D eigenvalue weighted by atomic mass is 35.5. The van der Waals surface area contributed by atoms with Crippen LogP contribution in [0.25, 0.3) is 0 Å². The number of rotatable bonds is 1. The van der Waals surface area contributed by atoms with Crippen LogP contribution in [0.1, 0.15) is 43.8 Å². The molecule has 2 N–H and O–H groups in total. The second-order valence-corrected chi connectivity index (χ2v) is 6.03. The van der Waals surface area contributed by atoms with Crippen LogP contribution in [0.4, 0.5) is 13.2 Å². The molecule has 0 radical (unpaired) electrons. The van der Waals surface area contributed by atoms with Crippen LogP contribution < -0.4 is 5.73 Å². The van der Waals surface area contributed by atoms with Crippen molar-refractivity contribution < 1.29 is 18.0 Å². The highest BCUT2D eigenvalue weighted by molar-refractivity contribution is 5.86. The summed E-state index contributed by atoms with van der Waals surface area (Å²) in [5.41, 5.74) is 5.33. The van der Waals surface area contributed by atoms with E-state index in [1.54, 1.807) is 0 Å². The number of alkyl halides is 3. The Kier molecular flexibility index (Phi) is 4.91. The molecule has 130 valence electrons. The first-order chi connectivity index (χ1) is 10.3. The third-order valence-corrected chi connectivity index (χ3v) is 4.47. The van der Waals surface area contributed by atoms with Crippen molar-refractivity contribution in [3.05, 3.63) is 11.6 Å². The van der Waals surface area contributed by atoms with Crippen LogP contribution in [0.3, 0.4) is 0 Å². The number of halogens is 4. The second-order valence-electron chi connectivity index (χ2n) is 6.03. The summed E-state index contributed by atoms with van der Waals surface area (Å²) in [6.07, 6.45) is -0.397. The standard InChI is InChI=1S/C13H18F3N5O.ClH/c14-13(15,16)10-19-18-9-8-20(6-7-21(9)10)11(22)12(17)4-2-1-3-5-12;/h1-8,17H2;1H. The van der Waals surface area contributed by atoms with Crippen molar-refractivity contribution in [2.75, 3.05) is 6.54 Å². The summed E-state index contributed by atoms with van der Waals surface area (Å²) in [5, 5.41) is 6.79. The van der Waals surface area contributed by atoms with Gasteiger partial charge >= 0.3 is 6.18 Å². The number of hydrogen-bond acceptors (Lipinski definition) is 4. The summed E-state index contributed by atoms with van der Waals surface area (Å²) in [7, 11) is 0. The largest absolute Gasteiger partial charge is 0.451 e. The summed E-state index contributed by atoms with van der Waals surface area (Å²) >= 11 is 0. The summed E-state index contributed by atoms with van der Waals surface area (Å²) in [5.74, 6) is -1.03. The average molecular weight is 354 g/mol. The van der Waals surface area contributed by atoms with Crippen LogP contribution in [0.2, 0.25) is 0 Å². The van der Waals surface area contributed by atoms with Crippen molar-refractivity contribution in [1.82, 2.24) is 19.7 Å². The van der Waals surface area contributed by atoms with Gasteiger partial charge in [0.15, 0.2) is 5.82 Å². The van der Waals surface area contributed by atoms with Crippen molar-refractivity contribution >= 4 is 18.3 Å². The lowest BCUT2D eigenvalue weighted by molar-refractivity contribution is -0.148. The van der Waals surface area contributed by atoms with Crippen LogP contribution in [-0.2, 0) is 24.1 Å². The van der Waals surface area contributed by atoms with E-state index in [0.717, 1.165) is 23.8 Å². The fourth-order valence-corrected chi connectivity index (χ4v) is 3.25. The fourth-order valence-electron chi connectivity index (χ4n) is 3.25. The van der Waals surface area contributed by atoms with Gasteiger partial charge in [-0.1, -0.05) is 19.3 Å². The van der Waals surface area contributed by atoms with Crippen molar-refractivity contribution in [2.45, 2.75) is 56.9 Å². The molecule has 0 aromatic carbocycles. The lowest BCUT2D eigenvalue weighted by Gasteiger charge is -2.38. The molecule has 0 bridgehead atoms. The van der Waals surface area contributed by atoms with Gasteiger partial charge in [0.1, 0.15) is 0 Å². The van der Waals surface area contributed by atoms with Gasteiger partial charge in [0, 0.05) is 13.1 Å². The van der Waals surface area contributed by atoms with E-state index >= 15 is 0 Å². The molecule has 1 aliphatic heterocycles. The normalized spacial score (nSPS) is 20.6.